The van der Waals surface area contributed by atoms with Gasteiger partial charge in [0, 0.05) is 31.5 Å². The molecule has 0 radical (unpaired) electrons. The lowest BCUT2D eigenvalue weighted by atomic mass is 10.1. The average molecular weight is 314 g/mol. The fourth-order valence-corrected chi connectivity index (χ4v) is 2.37. The largest absolute Gasteiger partial charge is 0.315 e. The van der Waals surface area contributed by atoms with Crippen LogP contribution in [0, 0.1) is 17.0 Å². The molecule has 0 saturated carbocycles. The van der Waals surface area contributed by atoms with E-state index in [-0.39, 0.29) is 17.3 Å². The fraction of sp³-hybridized carbons (Fsp3) is 0.294. The SMILES string of the molecule is CCc1ccc(C)[n+]([C@@H](C)C(=O)Nc2ccccc2[N+](=O)[O-])c1. The van der Waals surface area contributed by atoms with Crippen LogP contribution in [0.2, 0.25) is 0 Å². The van der Waals surface area contributed by atoms with E-state index in [4.69, 9.17) is 0 Å². The number of aryl methyl sites for hydroxylation is 2. The molecule has 1 heterocycles. The standard InChI is InChI=1S/C17H19N3O3/c1-4-14-10-9-12(2)19(11-14)13(3)17(21)18-15-7-5-6-8-16(15)20(22)23/h5-11,13H,4H2,1-3H3/p+1/t13-/m0/s1. The Kier molecular flexibility index (Phi) is 5.05. The third-order valence-electron chi connectivity index (χ3n) is 3.81. The van der Waals surface area contributed by atoms with E-state index >= 15 is 0 Å². The van der Waals surface area contributed by atoms with E-state index in [0.717, 1.165) is 17.7 Å². The van der Waals surface area contributed by atoms with Gasteiger partial charge in [0.1, 0.15) is 5.69 Å². The zero-order valence-corrected chi connectivity index (χ0v) is 13.4. The number of amides is 1. The molecule has 1 amide bonds. The van der Waals surface area contributed by atoms with Crippen LogP contribution in [0.3, 0.4) is 0 Å². The summed E-state index contributed by atoms with van der Waals surface area (Å²) >= 11 is 0. The molecule has 0 aliphatic carbocycles. The number of anilines is 1. The van der Waals surface area contributed by atoms with Gasteiger partial charge in [0.15, 0.2) is 11.9 Å². The summed E-state index contributed by atoms with van der Waals surface area (Å²) in [5.74, 6) is -0.291. The van der Waals surface area contributed by atoms with Crippen molar-refractivity contribution in [2.45, 2.75) is 33.2 Å². The van der Waals surface area contributed by atoms with Crippen molar-refractivity contribution in [1.82, 2.24) is 0 Å². The zero-order chi connectivity index (χ0) is 17.0. The Labute approximate surface area is 134 Å². The van der Waals surface area contributed by atoms with Gasteiger partial charge in [-0.3, -0.25) is 14.9 Å². The van der Waals surface area contributed by atoms with Gasteiger partial charge in [-0.05, 0) is 18.6 Å². The number of carbonyl (C=O) groups is 1. The summed E-state index contributed by atoms with van der Waals surface area (Å²) in [4.78, 5) is 23.0. The molecule has 0 aliphatic rings. The van der Waals surface area contributed by atoms with Crippen molar-refractivity contribution < 1.29 is 14.3 Å². The molecule has 0 aliphatic heterocycles. The van der Waals surface area contributed by atoms with Gasteiger partial charge in [-0.25, -0.2) is 0 Å². The van der Waals surface area contributed by atoms with Crippen molar-refractivity contribution in [3.05, 3.63) is 64.0 Å². The van der Waals surface area contributed by atoms with Crippen LogP contribution in [0.15, 0.2) is 42.6 Å². The van der Waals surface area contributed by atoms with Crippen LogP contribution in [-0.2, 0) is 11.2 Å². The minimum atomic E-state index is -0.504. The van der Waals surface area contributed by atoms with Crippen LogP contribution in [0.5, 0.6) is 0 Å². The number of benzene rings is 1. The molecule has 1 aromatic heterocycles. The minimum Gasteiger partial charge on any atom is -0.315 e. The second-order valence-electron chi connectivity index (χ2n) is 5.38. The summed E-state index contributed by atoms with van der Waals surface area (Å²) in [6.07, 6.45) is 2.82. The number of hydrogen-bond donors (Lipinski definition) is 1. The van der Waals surface area contributed by atoms with Gasteiger partial charge < -0.3 is 5.32 Å². The van der Waals surface area contributed by atoms with E-state index in [9.17, 15) is 14.9 Å². The molecule has 120 valence electrons. The highest BCUT2D eigenvalue weighted by molar-refractivity contribution is 5.94. The maximum atomic E-state index is 12.5. The maximum absolute atomic E-state index is 12.5. The number of para-hydroxylation sites is 2. The van der Waals surface area contributed by atoms with Crippen LogP contribution in [-0.4, -0.2) is 10.8 Å². The Morgan fingerprint density at radius 3 is 2.65 bits per heavy atom. The number of carbonyl (C=O) groups excluding carboxylic acids is 1. The van der Waals surface area contributed by atoms with Gasteiger partial charge in [0.25, 0.3) is 11.6 Å². The average Bonchev–Trinajstić information content (AvgIpc) is 2.55. The Hall–Kier alpha value is -2.76. The number of hydrogen-bond acceptors (Lipinski definition) is 3. The van der Waals surface area contributed by atoms with Gasteiger partial charge in [-0.2, -0.15) is 4.57 Å². The van der Waals surface area contributed by atoms with Gasteiger partial charge in [-0.1, -0.05) is 19.1 Å². The normalized spacial score (nSPS) is 11.8. The second-order valence-corrected chi connectivity index (χ2v) is 5.38. The van der Waals surface area contributed by atoms with E-state index in [1.807, 2.05) is 36.7 Å². The van der Waals surface area contributed by atoms with Crippen molar-refractivity contribution in [2.24, 2.45) is 0 Å². The minimum absolute atomic E-state index is 0.114. The zero-order valence-electron chi connectivity index (χ0n) is 13.4. The number of pyridine rings is 1. The maximum Gasteiger partial charge on any atom is 0.293 e. The Morgan fingerprint density at radius 2 is 2.00 bits per heavy atom. The van der Waals surface area contributed by atoms with Crippen LogP contribution in [0.1, 0.15) is 31.1 Å². The number of nitrogens with one attached hydrogen (secondary N) is 1. The first-order valence-electron chi connectivity index (χ1n) is 7.49. The second kappa shape index (κ2) is 7.00. The molecule has 0 unspecified atom stereocenters. The van der Waals surface area contributed by atoms with Crippen LogP contribution in [0.25, 0.3) is 0 Å². The summed E-state index contributed by atoms with van der Waals surface area (Å²) < 4.78 is 1.88. The van der Waals surface area contributed by atoms with E-state index in [1.54, 1.807) is 19.1 Å². The molecule has 2 aromatic rings. The van der Waals surface area contributed by atoms with Crippen molar-refractivity contribution in [2.75, 3.05) is 5.32 Å². The third-order valence-corrected chi connectivity index (χ3v) is 3.81. The molecule has 23 heavy (non-hydrogen) atoms. The summed E-state index contributed by atoms with van der Waals surface area (Å²) in [6, 6.07) is 9.65. The Morgan fingerprint density at radius 1 is 1.30 bits per heavy atom. The van der Waals surface area contributed by atoms with E-state index in [2.05, 4.69) is 5.32 Å². The van der Waals surface area contributed by atoms with Crippen molar-refractivity contribution in [3.63, 3.8) is 0 Å². The predicted octanol–water partition coefficient (Wildman–Crippen LogP) is 2.95. The van der Waals surface area contributed by atoms with Crippen molar-refractivity contribution in [1.29, 1.82) is 0 Å². The highest BCUT2D eigenvalue weighted by Gasteiger charge is 2.26. The van der Waals surface area contributed by atoms with Crippen LogP contribution < -0.4 is 9.88 Å². The van der Waals surface area contributed by atoms with E-state index in [0.29, 0.717) is 0 Å². The van der Waals surface area contributed by atoms with Gasteiger partial charge in [0.05, 0.1) is 4.92 Å². The molecule has 1 aromatic carbocycles. The molecular formula is C17H20N3O3+. The summed E-state index contributed by atoms with van der Waals surface area (Å²) in [5, 5.41) is 13.7. The van der Waals surface area contributed by atoms with Crippen LogP contribution in [0.4, 0.5) is 11.4 Å². The highest BCUT2D eigenvalue weighted by atomic mass is 16.6. The molecule has 6 nitrogen and oxygen atoms in total. The van der Waals surface area contributed by atoms with Gasteiger partial charge in [0.2, 0.25) is 6.04 Å². The lowest BCUT2D eigenvalue weighted by Crippen LogP contribution is -2.47. The number of aromatic nitrogens is 1. The topological polar surface area (TPSA) is 76.1 Å². The van der Waals surface area contributed by atoms with E-state index in [1.165, 1.54) is 12.1 Å². The van der Waals surface area contributed by atoms with E-state index < -0.39 is 11.0 Å². The monoisotopic (exact) mass is 314 g/mol. The lowest BCUT2D eigenvalue weighted by molar-refractivity contribution is -0.711. The molecule has 6 heteroatoms. The Bertz CT molecular complexity index is 744. The highest BCUT2D eigenvalue weighted by Crippen LogP contribution is 2.23. The van der Waals surface area contributed by atoms with Gasteiger partial charge in [-0.15, -0.1) is 0 Å². The molecule has 0 bridgehead atoms. The summed E-state index contributed by atoms with van der Waals surface area (Å²) in [5.41, 5.74) is 2.17. The first-order valence-corrected chi connectivity index (χ1v) is 7.49. The molecule has 0 spiro atoms. The van der Waals surface area contributed by atoms with Crippen molar-refractivity contribution in [3.8, 4) is 0 Å². The van der Waals surface area contributed by atoms with Gasteiger partial charge >= 0.3 is 0 Å². The lowest BCUT2D eigenvalue weighted by Gasteiger charge is -2.11. The molecule has 0 saturated heterocycles. The quantitative estimate of drug-likeness (QED) is 0.524. The molecule has 1 atom stereocenters. The number of nitro benzene ring substituents is 1. The fourth-order valence-electron chi connectivity index (χ4n) is 2.37. The van der Waals surface area contributed by atoms with Crippen molar-refractivity contribution >= 4 is 17.3 Å². The molecule has 2 rings (SSSR count). The van der Waals surface area contributed by atoms with Crippen LogP contribution >= 0.6 is 0 Å². The summed E-state index contributed by atoms with van der Waals surface area (Å²) in [6.45, 7) is 5.75. The molecule has 1 N–H and O–H groups in total. The first kappa shape index (κ1) is 16.6. The molecule has 0 fully saturated rings. The summed E-state index contributed by atoms with van der Waals surface area (Å²) in [7, 11) is 0. The number of rotatable bonds is 5. The molecular weight excluding hydrogens is 294 g/mol. The first-order chi connectivity index (χ1) is 10.9. The number of nitrogens with zero attached hydrogens (tertiary/aromatic N) is 2. The predicted molar refractivity (Wildman–Crippen MR) is 87.2 cm³/mol. The number of nitro groups is 1. The Balaban J connectivity index is 2.26. The third kappa shape index (κ3) is 3.71. The smallest absolute Gasteiger partial charge is 0.293 e.